The van der Waals surface area contributed by atoms with Crippen molar-refractivity contribution in [2.45, 2.75) is 6.54 Å². The molecule has 0 saturated carbocycles. The van der Waals surface area contributed by atoms with Gasteiger partial charge in [0.05, 0.1) is 11.6 Å². The van der Waals surface area contributed by atoms with Crippen LogP contribution in [-0.4, -0.2) is 0 Å². The van der Waals surface area contributed by atoms with Crippen LogP contribution in [0.25, 0.3) is 0 Å². The quantitative estimate of drug-likeness (QED) is 0.809. The van der Waals surface area contributed by atoms with Crippen molar-refractivity contribution >= 4 is 5.69 Å². The molecule has 0 aliphatic carbocycles. The Bertz CT molecular complexity index is 561. The van der Waals surface area contributed by atoms with Crippen LogP contribution in [0.3, 0.4) is 0 Å². The zero-order chi connectivity index (χ0) is 12.8. The highest BCUT2D eigenvalue weighted by Gasteiger charge is 2.06. The zero-order valence-corrected chi connectivity index (χ0v) is 9.65. The molecule has 0 fully saturated rings. The predicted octanol–water partition coefficient (Wildman–Crippen LogP) is 2.81. The molecule has 0 radical (unpaired) electrons. The van der Waals surface area contributed by atoms with E-state index in [4.69, 9.17) is 5.26 Å². The molecule has 0 amide bonds. The lowest BCUT2D eigenvalue weighted by Crippen LogP contribution is -2.22. The van der Waals surface area contributed by atoms with E-state index in [2.05, 4.69) is 10.9 Å². The number of nitrogens with zero attached hydrogens (tertiary/aromatic N) is 1. The van der Waals surface area contributed by atoms with Gasteiger partial charge in [-0.2, -0.15) is 5.26 Å². The fraction of sp³-hybridized carbons (Fsp3) is 0.0714. The summed E-state index contributed by atoms with van der Waals surface area (Å²) in [6.45, 7) is 0.241. The summed E-state index contributed by atoms with van der Waals surface area (Å²) in [7, 11) is 0. The maximum Gasteiger partial charge on any atom is 0.129 e. The van der Waals surface area contributed by atoms with Crippen molar-refractivity contribution < 1.29 is 4.39 Å². The second-order valence-corrected chi connectivity index (χ2v) is 3.72. The molecular formula is C14H12FN3. The van der Waals surface area contributed by atoms with Gasteiger partial charge in [0, 0.05) is 17.8 Å². The van der Waals surface area contributed by atoms with Crippen LogP contribution in [0.2, 0.25) is 0 Å². The first-order valence-electron chi connectivity index (χ1n) is 5.52. The van der Waals surface area contributed by atoms with Crippen molar-refractivity contribution in [2.75, 3.05) is 5.43 Å². The van der Waals surface area contributed by atoms with E-state index in [1.807, 2.05) is 36.4 Å². The lowest BCUT2D eigenvalue weighted by molar-refractivity contribution is 0.599. The summed E-state index contributed by atoms with van der Waals surface area (Å²) in [4.78, 5) is 0. The second-order valence-electron chi connectivity index (χ2n) is 3.72. The van der Waals surface area contributed by atoms with E-state index in [1.54, 1.807) is 6.07 Å². The molecule has 2 N–H and O–H groups in total. The van der Waals surface area contributed by atoms with E-state index >= 15 is 0 Å². The van der Waals surface area contributed by atoms with Crippen molar-refractivity contribution in [1.29, 1.82) is 5.26 Å². The van der Waals surface area contributed by atoms with Crippen LogP contribution < -0.4 is 10.9 Å². The van der Waals surface area contributed by atoms with Gasteiger partial charge in [0.2, 0.25) is 0 Å². The number of para-hydroxylation sites is 1. The van der Waals surface area contributed by atoms with Gasteiger partial charge in [0.25, 0.3) is 0 Å². The average Bonchev–Trinajstić information content (AvgIpc) is 2.41. The monoisotopic (exact) mass is 241 g/mol. The second kappa shape index (κ2) is 5.80. The van der Waals surface area contributed by atoms with E-state index in [9.17, 15) is 4.39 Å². The number of benzene rings is 2. The van der Waals surface area contributed by atoms with E-state index in [0.29, 0.717) is 11.1 Å². The molecule has 0 atom stereocenters. The third-order valence-corrected chi connectivity index (χ3v) is 2.51. The van der Waals surface area contributed by atoms with Gasteiger partial charge in [-0.1, -0.05) is 24.3 Å². The Morgan fingerprint density at radius 2 is 1.83 bits per heavy atom. The summed E-state index contributed by atoms with van der Waals surface area (Å²) in [5.41, 5.74) is 7.43. The Morgan fingerprint density at radius 3 is 2.56 bits per heavy atom. The largest absolute Gasteiger partial charge is 0.321 e. The van der Waals surface area contributed by atoms with Crippen molar-refractivity contribution in [3.8, 4) is 6.07 Å². The Hall–Kier alpha value is -2.38. The van der Waals surface area contributed by atoms with Crippen molar-refractivity contribution in [3.05, 3.63) is 65.5 Å². The molecule has 0 unspecified atom stereocenters. The lowest BCUT2D eigenvalue weighted by atomic mass is 10.1. The summed E-state index contributed by atoms with van der Waals surface area (Å²) in [6, 6.07) is 15.9. The molecule has 0 heterocycles. The fourth-order valence-corrected chi connectivity index (χ4v) is 1.60. The highest BCUT2D eigenvalue weighted by atomic mass is 19.1. The smallest absolute Gasteiger partial charge is 0.129 e. The molecule has 4 heteroatoms. The molecule has 2 aromatic carbocycles. The number of nitriles is 1. The lowest BCUT2D eigenvalue weighted by Gasteiger charge is -2.10. The average molecular weight is 241 g/mol. The Balaban J connectivity index is 2.01. The minimum atomic E-state index is -0.378. The number of hydrogen-bond acceptors (Lipinski definition) is 3. The Morgan fingerprint density at radius 1 is 1.06 bits per heavy atom. The SMILES string of the molecule is N#Cc1cccc(F)c1CNNc1ccccc1. The predicted molar refractivity (Wildman–Crippen MR) is 68.0 cm³/mol. The van der Waals surface area contributed by atoms with Gasteiger partial charge in [-0.15, -0.1) is 0 Å². The zero-order valence-electron chi connectivity index (χ0n) is 9.65. The van der Waals surface area contributed by atoms with Crippen LogP contribution in [0.5, 0.6) is 0 Å². The summed E-state index contributed by atoms with van der Waals surface area (Å²) in [6.07, 6.45) is 0. The van der Waals surface area contributed by atoms with Gasteiger partial charge >= 0.3 is 0 Å². The molecular weight excluding hydrogens is 229 g/mol. The van der Waals surface area contributed by atoms with E-state index in [-0.39, 0.29) is 12.4 Å². The van der Waals surface area contributed by atoms with Gasteiger partial charge < -0.3 is 5.43 Å². The first kappa shape index (κ1) is 12.1. The summed E-state index contributed by atoms with van der Waals surface area (Å²) in [5, 5.41) is 8.89. The van der Waals surface area contributed by atoms with Crippen LogP contribution in [-0.2, 0) is 6.54 Å². The molecule has 2 aromatic rings. The minimum absolute atomic E-state index is 0.241. The molecule has 0 spiro atoms. The standard InChI is InChI=1S/C14H12FN3/c15-14-8-4-5-11(9-16)13(14)10-17-18-12-6-2-1-3-7-12/h1-8,17-18H,10H2. The van der Waals surface area contributed by atoms with Crippen molar-refractivity contribution in [3.63, 3.8) is 0 Å². The van der Waals surface area contributed by atoms with Crippen molar-refractivity contribution in [2.24, 2.45) is 0 Å². The van der Waals surface area contributed by atoms with Gasteiger partial charge in [-0.05, 0) is 24.3 Å². The third kappa shape index (κ3) is 2.84. The van der Waals surface area contributed by atoms with Crippen LogP contribution in [0.1, 0.15) is 11.1 Å². The van der Waals surface area contributed by atoms with Crippen molar-refractivity contribution in [1.82, 2.24) is 5.43 Å². The molecule has 2 rings (SSSR count). The minimum Gasteiger partial charge on any atom is -0.321 e. The Labute approximate surface area is 105 Å². The summed E-state index contributed by atoms with van der Waals surface area (Å²) in [5.74, 6) is -0.378. The first-order chi connectivity index (χ1) is 8.81. The number of hydrazine groups is 1. The van der Waals surface area contributed by atoms with Crippen LogP contribution in [0.4, 0.5) is 10.1 Å². The van der Waals surface area contributed by atoms with Crippen LogP contribution in [0.15, 0.2) is 48.5 Å². The maximum absolute atomic E-state index is 13.5. The maximum atomic E-state index is 13.5. The van der Waals surface area contributed by atoms with E-state index in [0.717, 1.165) is 5.69 Å². The summed E-state index contributed by atoms with van der Waals surface area (Å²) < 4.78 is 13.5. The number of nitrogens with one attached hydrogen (secondary N) is 2. The highest BCUT2D eigenvalue weighted by molar-refractivity contribution is 5.42. The number of hydrogen-bond donors (Lipinski definition) is 2. The molecule has 0 saturated heterocycles. The van der Waals surface area contributed by atoms with Crippen LogP contribution >= 0.6 is 0 Å². The molecule has 3 nitrogen and oxygen atoms in total. The normalized spacial score (nSPS) is 9.78. The van der Waals surface area contributed by atoms with Gasteiger partial charge in [0.1, 0.15) is 5.82 Å². The first-order valence-corrected chi connectivity index (χ1v) is 5.52. The number of anilines is 1. The van der Waals surface area contributed by atoms with E-state index < -0.39 is 0 Å². The van der Waals surface area contributed by atoms with Gasteiger partial charge in [-0.3, -0.25) is 0 Å². The third-order valence-electron chi connectivity index (χ3n) is 2.51. The molecule has 0 aromatic heterocycles. The summed E-state index contributed by atoms with van der Waals surface area (Å²) >= 11 is 0. The molecule has 18 heavy (non-hydrogen) atoms. The highest BCUT2D eigenvalue weighted by Crippen LogP contribution is 2.12. The number of halogens is 1. The Kier molecular flexibility index (Phi) is 3.90. The molecule has 90 valence electrons. The molecule has 0 aliphatic rings. The van der Waals surface area contributed by atoms with E-state index in [1.165, 1.54) is 12.1 Å². The fourth-order valence-electron chi connectivity index (χ4n) is 1.60. The van der Waals surface area contributed by atoms with Gasteiger partial charge in [0.15, 0.2) is 0 Å². The van der Waals surface area contributed by atoms with Crippen LogP contribution in [0, 0.1) is 17.1 Å². The topological polar surface area (TPSA) is 47.9 Å². The number of rotatable bonds is 4. The van der Waals surface area contributed by atoms with Gasteiger partial charge in [-0.25, -0.2) is 9.82 Å². The molecule has 0 bridgehead atoms. The molecule has 0 aliphatic heterocycles.